The summed E-state index contributed by atoms with van der Waals surface area (Å²) in [7, 11) is 1.36. The normalized spacial score (nSPS) is 10.5. The number of nitro benzene ring substituents is 1. The molecular formula is C11H12N2O4. The van der Waals surface area contributed by atoms with E-state index in [4.69, 9.17) is 4.74 Å². The summed E-state index contributed by atoms with van der Waals surface area (Å²) in [5.74, 6) is 0.171. The van der Waals surface area contributed by atoms with E-state index in [1.807, 2.05) is 0 Å². The molecule has 0 aromatic heterocycles. The predicted octanol–water partition coefficient (Wildman–Crippen LogP) is 2.17. The molecule has 1 rings (SSSR count). The van der Waals surface area contributed by atoms with E-state index in [1.165, 1.54) is 25.3 Å². The van der Waals surface area contributed by atoms with Gasteiger partial charge >= 0.3 is 5.69 Å². The van der Waals surface area contributed by atoms with Crippen LogP contribution in [0.4, 0.5) is 5.69 Å². The Bertz CT molecular complexity index is 490. The van der Waals surface area contributed by atoms with Gasteiger partial charge in [-0.25, -0.2) is 4.79 Å². The Morgan fingerprint density at radius 1 is 1.47 bits per heavy atom. The second-order valence-corrected chi connectivity index (χ2v) is 3.91. The van der Waals surface area contributed by atoms with Crippen molar-refractivity contribution < 1.29 is 14.5 Å². The van der Waals surface area contributed by atoms with Crippen LogP contribution in [0, 0.1) is 10.1 Å². The molecule has 0 heterocycles. The third-order valence-electron chi connectivity index (χ3n) is 2.41. The van der Waals surface area contributed by atoms with Crippen molar-refractivity contribution in [2.24, 2.45) is 4.99 Å². The summed E-state index contributed by atoms with van der Waals surface area (Å²) in [5.41, 5.74) is -0.453. The highest BCUT2D eigenvalue weighted by atomic mass is 16.6. The van der Waals surface area contributed by atoms with Gasteiger partial charge in [0.2, 0.25) is 6.08 Å². The van der Waals surface area contributed by atoms with Gasteiger partial charge in [-0.3, -0.25) is 10.1 Å². The highest BCUT2D eigenvalue weighted by Gasteiger charge is 2.24. The van der Waals surface area contributed by atoms with Gasteiger partial charge in [0.15, 0.2) is 5.75 Å². The van der Waals surface area contributed by atoms with Crippen molar-refractivity contribution in [3.63, 3.8) is 0 Å². The average Bonchev–Trinajstić information content (AvgIpc) is 2.28. The maximum Gasteiger partial charge on any atom is 0.311 e. The standard InChI is InChI=1S/C11H12N2O4/c1-11(2,12-7-14)8-4-5-10(17-3)9(6-8)13(15)16/h4-6H,1-3H3. The van der Waals surface area contributed by atoms with Gasteiger partial charge in [0.25, 0.3) is 0 Å². The number of aliphatic imine (C=N–C) groups is 1. The van der Waals surface area contributed by atoms with Gasteiger partial charge in [-0.2, -0.15) is 4.99 Å². The first kappa shape index (κ1) is 12.9. The second-order valence-electron chi connectivity index (χ2n) is 3.91. The summed E-state index contributed by atoms with van der Waals surface area (Å²) < 4.78 is 4.88. The van der Waals surface area contributed by atoms with Gasteiger partial charge < -0.3 is 4.74 Å². The fourth-order valence-electron chi connectivity index (χ4n) is 1.39. The van der Waals surface area contributed by atoms with Crippen LogP contribution in [-0.4, -0.2) is 18.1 Å². The van der Waals surface area contributed by atoms with Crippen LogP contribution in [0.5, 0.6) is 5.75 Å². The molecule has 1 aromatic rings. The van der Waals surface area contributed by atoms with Crippen molar-refractivity contribution in [1.29, 1.82) is 0 Å². The zero-order valence-corrected chi connectivity index (χ0v) is 9.76. The van der Waals surface area contributed by atoms with Crippen molar-refractivity contribution in [3.8, 4) is 5.75 Å². The maximum atomic E-state index is 10.8. The molecule has 0 atom stereocenters. The van der Waals surface area contributed by atoms with E-state index < -0.39 is 10.5 Å². The Balaban J connectivity index is 3.35. The Hall–Kier alpha value is -2.20. The molecule has 6 nitrogen and oxygen atoms in total. The van der Waals surface area contributed by atoms with E-state index in [2.05, 4.69) is 4.99 Å². The molecular weight excluding hydrogens is 224 g/mol. The Kier molecular flexibility index (Phi) is 3.60. The summed E-state index contributed by atoms with van der Waals surface area (Å²) in [4.78, 5) is 24.2. The molecule has 6 heteroatoms. The zero-order valence-electron chi connectivity index (χ0n) is 9.76. The van der Waals surface area contributed by atoms with E-state index in [0.29, 0.717) is 5.56 Å². The highest BCUT2D eigenvalue weighted by Crippen LogP contribution is 2.33. The largest absolute Gasteiger partial charge is 0.490 e. The molecule has 0 radical (unpaired) electrons. The van der Waals surface area contributed by atoms with Gasteiger partial charge in [0, 0.05) is 6.07 Å². The number of methoxy groups -OCH3 is 1. The summed E-state index contributed by atoms with van der Waals surface area (Å²) in [6.07, 6.45) is 1.46. The predicted molar refractivity (Wildman–Crippen MR) is 60.8 cm³/mol. The average molecular weight is 236 g/mol. The number of carbonyl (C=O) groups excluding carboxylic acids is 1. The molecule has 0 saturated heterocycles. The number of hydrogen-bond donors (Lipinski definition) is 0. The minimum absolute atomic E-state index is 0.154. The topological polar surface area (TPSA) is 81.8 Å². The van der Waals surface area contributed by atoms with Crippen molar-refractivity contribution in [3.05, 3.63) is 33.9 Å². The van der Waals surface area contributed by atoms with Crippen LogP contribution >= 0.6 is 0 Å². The fraction of sp³-hybridized carbons (Fsp3) is 0.364. The van der Waals surface area contributed by atoms with Crippen LogP contribution in [0.1, 0.15) is 19.4 Å². The number of hydrogen-bond acceptors (Lipinski definition) is 5. The van der Waals surface area contributed by atoms with Crippen molar-refractivity contribution in [2.75, 3.05) is 7.11 Å². The molecule has 17 heavy (non-hydrogen) atoms. The molecule has 0 bridgehead atoms. The van der Waals surface area contributed by atoms with Crippen LogP contribution in [0.2, 0.25) is 0 Å². The molecule has 0 saturated carbocycles. The van der Waals surface area contributed by atoms with Crippen LogP contribution < -0.4 is 4.74 Å². The molecule has 0 N–H and O–H groups in total. The SMILES string of the molecule is COc1ccc(C(C)(C)N=C=O)cc1[N+](=O)[O-]. The molecule has 0 aliphatic heterocycles. The summed E-state index contributed by atoms with van der Waals surface area (Å²) in [6.45, 7) is 3.34. The van der Waals surface area contributed by atoms with Crippen molar-refractivity contribution in [2.45, 2.75) is 19.4 Å². The van der Waals surface area contributed by atoms with Crippen LogP contribution in [0.3, 0.4) is 0 Å². The third kappa shape index (κ3) is 2.68. The first-order valence-corrected chi connectivity index (χ1v) is 4.84. The van der Waals surface area contributed by atoms with E-state index in [9.17, 15) is 14.9 Å². The number of isocyanates is 1. The first-order valence-electron chi connectivity index (χ1n) is 4.84. The summed E-state index contributed by atoms with van der Waals surface area (Å²) in [5, 5.41) is 10.8. The third-order valence-corrected chi connectivity index (χ3v) is 2.41. The molecule has 0 fully saturated rings. The fourth-order valence-corrected chi connectivity index (χ4v) is 1.39. The van der Waals surface area contributed by atoms with Crippen LogP contribution in [0.15, 0.2) is 23.2 Å². The number of rotatable bonds is 4. The minimum atomic E-state index is -0.848. The quantitative estimate of drug-likeness (QED) is 0.347. The number of nitrogens with zero attached hydrogens (tertiary/aromatic N) is 2. The zero-order chi connectivity index (χ0) is 13.1. The van der Waals surface area contributed by atoms with E-state index >= 15 is 0 Å². The lowest BCUT2D eigenvalue weighted by molar-refractivity contribution is -0.385. The molecule has 0 spiro atoms. The van der Waals surface area contributed by atoms with Crippen molar-refractivity contribution >= 4 is 11.8 Å². The van der Waals surface area contributed by atoms with Crippen LogP contribution in [-0.2, 0) is 10.3 Å². The second kappa shape index (κ2) is 4.76. The van der Waals surface area contributed by atoms with E-state index in [1.54, 1.807) is 19.9 Å². The Morgan fingerprint density at radius 3 is 2.59 bits per heavy atom. The molecule has 0 aliphatic rings. The molecule has 0 amide bonds. The number of ether oxygens (including phenoxy) is 1. The van der Waals surface area contributed by atoms with Gasteiger partial charge in [-0.05, 0) is 25.5 Å². The highest BCUT2D eigenvalue weighted by molar-refractivity contribution is 5.50. The lowest BCUT2D eigenvalue weighted by atomic mass is 9.94. The molecule has 1 aromatic carbocycles. The Labute approximate surface area is 98.1 Å². The molecule has 90 valence electrons. The lowest BCUT2D eigenvalue weighted by Gasteiger charge is -2.17. The number of benzene rings is 1. The van der Waals surface area contributed by atoms with Crippen molar-refractivity contribution in [1.82, 2.24) is 0 Å². The lowest BCUT2D eigenvalue weighted by Crippen LogP contribution is -2.13. The summed E-state index contributed by atoms with van der Waals surface area (Å²) in [6, 6.07) is 4.46. The van der Waals surface area contributed by atoms with Gasteiger partial charge in [-0.15, -0.1) is 0 Å². The monoisotopic (exact) mass is 236 g/mol. The van der Waals surface area contributed by atoms with E-state index in [-0.39, 0.29) is 11.4 Å². The van der Waals surface area contributed by atoms with Gasteiger partial charge in [0.05, 0.1) is 17.6 Å². The number of nitro groups is 1. The Morgan fingerprint density at radius 2 is 2.12 bits per heavy atom. The van der Waals surface area contributed by atoms with E-state index in [0.717, 1.165) is 0 Å². The first-order chi connectivity index (χ1) is 7.92. The maximum absolute atomic E-state index is 10.8. The summed E-state index contributed by atoms with van der Waals surface area (Å²) >= 11 is 0. The minimum Gasteiger partial charge on any atom is -0.490 e. The van der Waals surface area contributed by atoms with Gasteiger partial charge in [0.1, 0.15) is 0 Å². The van der Waals surface area contributed by atoms with Crippen LogP contribution in [0.25, 0.3) is 0 Å². The smallest absolute Gasteiger partial charge is 0.311 e. The molecule has 0 unspecified atom stereocenters. The van der Waals surface area contributed by atoms with Gasteiger partial charge in [-0.1, -0.05) is 6.07 Å². The molecule has 0 aliphatic carbocycles.